The van der Waals surface area contributed by atoms with Crippen molar-refractivity contribution >= 4 is 33.2 Å². The number of piperidine rings is 1. The van der Waals surface area contributed by atoms with Gasteiger partial charge < -0.3 is 10.0 Å². The number of amides is 1. The molecule has 2 heterocycles. The summed E-state index contributed by atoms with van der Waals surface area (Å²) in [7, 11) is 0. The fourth-order valence-electron chi connectivity index (χ4n) is 2.75. The van der Waals surface area contributed by atoms with Gasteiger partial charge in [0.05, 0.1) is 8.66 Å². The Balaban J connectivity index is 1.62. The van der Waals surface area contributed by atoms with E-state index in [9.17, 15) is 9.90 Å². The highest BCUT2D eigenvalue weighted by atomic mass is 79.9. The quantitative estimate of drug-likeness (QED) is 0.864. The number of carbonyl (C=O) groups excluding carboxylic acids is 1. The third-order valence-electron chi connectivity index (χ3n) is 3.93. The predicted molar refractivity (Wildman–Crippen MR) is 88.0 cm³/mol. The topological polar surface area (TPSA) is 40.5 Å². The molecule has 1 aliphatic heterocycles. The van der Waals surface area contributed by atoms with Crippen LogP contribution in [0.5, 0.6) is 5.75 Å². The molecule has 0 bridgehead atoms. The first-order valence-corrected chi connectivity index (χ1v) is 8.58. The fourth-order valence-corrected chi connectivity index (χ4v) is 4.10. The highest BCUT2D eigenvalue weighted by Crippen LogP contribution is 2.30. The third kappa shape index (κ3) is 3.30. The summed E-state index contributed by atoms with van der Waals surface area (Å²) in [5, 5.41) is 9.34. The third-order valence-corrected chi connectivity index (χ3v) is 5.54. The molecule has 1 aromatic carbocycles. The molecule has 1 aromatic heterocycles. The Kier molecular flexibility index (Phi) is 4.31. The molecule has 3 nitrogen and oxygen atoms in total. The van der Waals surface area contributed by atoms with Gasteiger partial charge in [0.2, 0.25) is 0 Å². The molecule has 1 N–H and O–H groups in total. The van der Waals surface area contributed by atoms with E-state index < -0.39 is 0 Å². The van der Waals surface area contributed by atoms with Crippen molar-refractivity contribution in [1.82, 2.24) is 4.90 Å². The first-order valence-electron chi connectivity index (χ1n) is 6.97. The Morgan fingerprint density at radius 2 is 1.81 bits per heavy atom. The number of thiophene rings is 1. The number of likely N-dealkylation sites (tertiary alicyclic amines) is 1. The molecular weight excluding hydrogens is 350 g/mol. The first kappa shape index (κ1) is 14.6. The maximum Gasteiger partial charge on any atom is 0.263 e. The number of rotatable bonds is 2. The van der Waals surface area contributed by atoms with Gasteiger partial charge in [0.25, 0.3) is 5.91 Å². The Labute approximate surface area is 136 Å². The van der Waals surface area contributed by atoms with Gasteiger partial charge in [0.15, 0.2) is 0 Å². The van der Waals surface area contributed by atoms with E-state index in [4.69, 9.17) is 0 Å². The molecule has 3 rings (SSSR count). The first-order chi connectivity index (χ1) is 10.1. The summed E-state index contributed by atoms with van der Waals surface area (Å²) in [6.07, 6.45) is 1.95. The Hall–Kier alpha value is -1.33. The summed E-state index contributed by atoms with van der Waals surface area (Å²) in [6.45, 7) is 1.58. The van der Waals surface area contributed by atoms with Crippen molar-refractivity contribution in [3.05, 3.63) is 50.6 Å². The van der Waals surface area contributed by atoms with E-state index in [2.05, 4.69) is 15.9 Å². The molecule has 1 aliphatic rings. The van der Waals surface area contributed by atoms with Crippen LogP contribution in [0.2, 0.25) is 0 Å². The van der Waals surface area contributed by atoms with E-state index >= 15 is 0 Å². The normalized spacial score (nSPS) is 16.1. The second-order valence-electron chi connectivity index (χ2n) is 5.26. The second kappa shape index (κ2) is 6.20. The molecule has 5 heteroatoms. The number of benzene rings is 1. The zero-order valence-electron chi connectivity index (χ0n) is 11.5. The number of hydrogen-bond acceptors (Lipinski definition) is 3. The predicted octanol–water partition coefficient (Wildman–Crippen LogP) is 4.24. The Bertz CT molecular complexity index is 630. The number of aromatic hydroxyl groups is 1. The van der Waals surface area contributed by atoms with Gasteiger partial charge in [0.1, 0.15) is 5.75 Å². The molecule has 0 atom stereocenters. The van der Waals surface area contributed by atoms with E-state index in [1.165, 1.54) is 16.9 Å². The van der Waals surface area contributed by atoms with E-state index in [1.807, 2.05) is 29.2 Å². The minimum absolute atomic E-state index is 0.134. The molecule has 0 radical (unpaired) electrons. The lowest BCUT2D eigenvalue weighted by Gasteiger charge is -2.32. The van der Waals surface area contributed by atoms with Gasteiger partial charge in [-0.1, -0.05) is 12.1 Å². The van der Waals surface area contributed by atoms with Crippen LogP contribution in [0.3, 0.4) is 0 Å². The zero-order chi connectivity index (χ0) is 14.8. The van der Waals surface area contributed by atoms with Crippen molar-refractivity contribution in [2.24, 2.45) is 0 Å². The number of phenolic OH excluding ortho intramolecular Hbond substituents is 1. The number of carbonyl (C=O) groups is 1. The number of hydrogen-bond donors (Lipinski definition) is 1. The van der Waals surface area contributed by atoms with Gasteiger partial charge in [-0.25, -0.2) is 0 Å². The summed E-state index contributed by atoms with van der Waals surface area (Å²) in [6, 6.07) is 11.2. The fraction of sp³-hybridized carbons (Fsp3) is 0.312. The molecule has 0 aliphatic carbocycles. The maximum atomic E-state index is 12.4. The molecule has 1 fully saturated rings. The van der Waals surface area contributed by atoms with Crippen LogP contribution < -0.4 is 0 Å². The molecule has 110 valence electrons. The minimum atomic E-state index is 0.134. The molecular formula is C16H16BrNO2S. The van der Waals surface area contributed by atoms with Gasteiger partial charge in [-0.05, 0) is 64.5 Å². The van der Waals surface area contributed by atoms with E-state index in [-0.39, 0.29) is 5.91 Å². The Morgan fingerprint density at radius 1 is 1.14 bits per heavy atom. The maximum absolute atomic E-state index is 12.4. The van der Waals surface area contributed by atoms with Crippen LogP contribution in [0, 0.1) is 0 Å². The van der Waals surface area contributed by atoms with E-state index in [0.29, 0.717) is 11.7 Å². The molecule has 0 spiro atoms. The van der Waals surface area contributed by atoms with Crippen LogP contribution in [0.1, 0.15) is 34.0 Å². The monoisotopic (exact) mass is 365 g/mol. The summed E-state index contributed by atoms with van der Waals surface area (Å²) >= 11 is 4.88. The Morgan fingerprint density at radius 3 is 2.38 bits per heavy atom. The summed E-state index contributed by atoms with van der Waals surface area (Å²) in [5.41, 5.74) is 1.25. The van der Waals surface area contributed by atoms with Crippen LogP contribution >= 0.6 is 27.3 Å². The second-order valence-corrected chi connectivity index (χ2v) is 7.72. The zero-order valence-corrected chi connectivity index (χ0v) is 13.9. The minimum Gasteiger partial charge on any atom is -0.508 e. The lowest BCUT2D eigenvalue weighted by molar-refractivity contribution is 0.0718. The molecule has 2 aromatic rings. The van der Waals surface area contributed by atoms with Crippen LogP contribution in [0.25, 0.3) is 0 Å². The van der Waals surface area contributed by atoms with E-state index in [0.717, 1.165) is 34.6 Å². The molecule has 0 unspecified atom stereocenters. The van der Waals surface area contributed by atoms with Gasteiger partial charge in [-0.15, -0.1) is 11.3 Å². The summed E-state index contributed by atoms with van der Waals surface area (Å²) in [4.78, 5) is 15.1. The van der Waals surface area contributed by atoms with Gasteiger partial charge in [-0.2, -0.15) is 0 Å². The summed E-state index contributed by atoms with van der Waals surface area (Å²) < 4.78 is 0.991. The number of nitrogens with zero attached hydrogens (tertiary/aromatic N) is 1. The van der Waals surface area contributed by atoms with Crippen molar-refractivity contribution in [2.75, 3.05) is 13.1 Å². The molecule has 21 heavy (non-hydrogen) atoms. The van der Waals surface area contributed by atoms with Crippen molar-refractivity contribution in [3.63, 3.8) is 0 Å². The van der Waals surface area contributed by atoms with Crippen molar-refractivity contribution in [1.29, 1.82) is 0 Å². The van der Waals surface area contributed by atoms with Gasteiger partial charge in [-0.3, -0.25) is 4.79 Å². The van der Waals surface area contributed by atoms with Crippen LogP contribution in [0.4, 0.5) is 0 Å². The van der Waals surface area contributed by atoms with Crippen molar-refractivity contribution in [3.8, 4) is 5.75 Å². The smallest absolute Gasteiger partial charge is 0.263 e. The lowest BCUT2D eigenvalue weighted by Crippen LogP contribution is -2.37. The molecule has 1 amide bonds. The van der Waals surface area contributed by atoms with Gasteiger partial charge >= 0.3 is 0 Å². The molecule has 1 saturated heterocycles. The van der Waals surface area contributed by atoms with Crippen molar-refractivity contribution < 1.29 is 9.90 Å². The van der Waals surface area contributed by atoms with Crippen molar-refractivity contribution in [2.45, 2.75) is 18.8 Å². The standard InChI is InChI=1S/C16H16BrNO2S/c17-15-6-5-14(21-15)16(20)18-9-7-12(8-10-18)11-1-3-13(19)4-2-11/h1-6,12,19H,7-10H2. The highest BCUT2D eigenvalue weighted by molar-refractivity contribution is 9.11. The van der Waals surface area contributed by atoms with Gasteiger partial charge in [0, 0.05) is 13.1 Å². The number of halogens is 1. The largest absolute Gasteiger partial charge is 0.508 e. The average molecular weight is 366 g/mol. The average Bonchev–Trinajstić information content (AvgIpc) is 2.94. The highest BCUT2D eigenvalue weighted by Gasteiger charge is 2.25. The number of phenols is 1. The lowest BCUT2D eigenvalue weighted by atomic mass is 9.89. The van der Waals surface area contributed by atoms with Crippen LogP contribution in [-0.2, 0) is 0 Å². The SMILES string of the molecule is O=C(c1ccc(Br)s1)N1CCC(c2ccc(O)cc2)CC1. The van der Waals surface area contributed by atoms with Crippen LogP contribution in [0.15, 0.2) is 40.2 Å². The van der Waals surface area contributed by atoms with E-state index in [1.54, 1.807) is 12.1 Å². The molecule has 0 saturated carbocycles. The summed E-state index contributed by atoms with van der Waals surface area (Å²) in [5.74, 6) is 0.911. The van der Waals surface area contributed by atoms with Crippen LogP contribution in [-0.4, -0.2) is 29.0 Å².